The molecule has 0 bridgehead atoms. The van der Waals surface area contributed by atoms with Gasteiger partial charge >= 0.3 is 0 Å². The molecule has 1 aromatic heterocycles. The van der Waals surface area contributed by atoms with Crippen molar-refractivity contribution in [3.63, 3.8) is 0 Å². The first-order valence-electron chi connectivity index (χ1n) is 10.1. The van der Waals surface area contributed by atoms with Crippen LogP contribution in [0.15, 0.2) is 54.6 Å². The van der Waals surface area contributed by atoms with E-state index in [0.717, 1.165) is 42.8 Å². The van der Waals surface area contributed by atoms with Crippen LogP contribution in [0.5, 0.6) is 0 Å². The number of aromatic nitrogens is 2. The van der Waals surface area contributed by atoms with E-state index in [2.05, 4.69) is 71.9 Å². The molecule has 1 heterocycles. The minimum atomic E-state index is 0.129. The summed E-state index contributed by atoms with van der Waals surface area (Å²) in [6.07, 6.45) is 4.54. The van der Waals surface area contributed by atoms with Gasteiger partial charge in [-0.05, 0) is 74.4 Å². The number of nitrogens with one attached hydrogen (secondary N) is 1. The summed E-state index contributed by atoms with van der Waals surface area (Å²) in [5, 5.41) is 7.76. The molecule has 2 aromatic carbocycles. The Morgan fingerprint density at radius 1 is 1.14 bits per heavy atom. The molecular formula is C24H27N3O. The number of hydrogen-bond donors (Lipinski definition) is 1. The maximum Gasteiger partial charge on any atom is 0.220 e. The van der Waals surface area contributed by atoms with Crippen LogP contribution in [0.1, 0.15) is 53.4 Å². The molecule has 0 radical (unpaired) electrons. The number of carbonyl (C=O) groups excluding carboxylic acids is 1. The number of hydrogen-bond acceptors (Lipinski definition) is 2. The molecule has 4 nitrogen and oxygen atoms in total. The van der Waals surface area contributed by atoms with Gasteiger partial charge in [0.15, 0.2) is 0 Å². The van der Waals surface area contributed by atoms with Crippen molar-refractivity contribution < 1.29 is 4.79 Å². The van der Waals surface area contributed by atoms with E-state index in [0.29, 0.717) is 6.42 Å². The number of fused-ring (bicyclic) bond motifs is 1. The van der Waals surface area contributed by atoms with Crippen LogP contribution in [0, 0.1) is 13.8 Å². The first-order chi connectivity index (χ1) is 13.6. The predicted molar refractivity (Wildman–Crippen MR) is 112 cm³/mol. The third-order valence-corrected chi connectivity index (χ3v) is 5.54. The Balaban J connectivity index is 1.35. The molecule has 28 heavy (non-hydrogen) atoms. The Morgan fingerprint density at radius 2 is 1.93 bits per heavy atom. The molecule has 1 unspecified atom stereocenters. The van der Waals surface area contributed by atoms with Crippen molar-refractivity contribution in [3.8, 4) is 5.69 Å². The molecule has 3 aromatic rings. The minimum absolute atomic E-state index is 0.129. The normalized spacial score (nSPS) is 15.9. The van der Waals surface area contributed by atoms with Gasteiger partial charge in [0, 0.05) is 12.1 Å². The van der Waals surface area contributed by atoms with Gasteiger partial charge in [0.25, 0.3) is 0 Å². The fourth-order valence-electron chi connectivity index (χ4n) is 4.12. The van der Waals surface area contributed by atoms with Crippen LogP contribution < -0.4 is 5.32 Å². The molecule has 0 spiro atoms. The van der Waals surface area contributed by atoms with Gasteiger partial charge in [0.05, 0.1) is 17.4 Å². The fourth-order valence-corrected chi connectivity index (χ4v) is 4.12. The van der Waals surface area contributed by atoms with Gasteiger partial charge < -0.3 is 5.32 Å². The maximum absolute atomic E-state index is 12.5. The highest BCUT2D eigenvalue weighted by atomic mass is 16.1. The Hall–Kier alpha value is -2.88. The van der Waals surface area contributed by atoms with Crippen LogP contribution in [0.25, 0.3) is 5.69 Å². The van der Waals surface area contributed by atoms with Crippen molar-refractivity contribution in [2.45, 2.75) is 52.0 Å². The van der Waals surface area contributed by atoms with Crippen molar-refractivity contribution >= 4 is 5.91 Å². The minimum Gasteiger partial charge on any atom is -0.349 e. The second-order valence-corrected chi connectivity index (χ2v) is 7.72. The third kappa shape index (κ3) is 4.01. The van der Waals surface area contributed by atoms with Gasteiger partial charge in [-0.15, -0.1) is 0 Å². The van der Waals surface area contributed by atoms with Crippen LogP contribution in [0.4, 0.5) is 0 Å². The predicted octanol–water partition coefficient (Wildman–Crippen LogP) is 4.62. The molecule has 0 aliphatic heterocycles. The van der Waals surface area contributed by atoms with E-state index in [1.165, 1.54) is 16.7 Å². The van der Waals surface area contributed by atoms with Gasteiger partial charge in [-0.2, -0.15) is 5.10 Å². The van der Waals surface area contributed by atoms with E-state index >= 15 is 0 Å². The molecule has 144 valence electrons. The third-order valence-electron chi connectivity index (χ3n) is 5.54. The lowest BCUT2D eigenvalue weighted by Crippen LogP contribution is -2.31. The molecule has 1 atom stereocenters. The zero-order valence-corrected chi connectivity index (χ0v) is 16.6. The van der Waals surface area contributed by atoms with E-state index in [9.17, 15) is 4.79 Å². The maximum atomic E-state index is 12.5. The standard InChI is InChI=1S/C24H27N3O/c1-17-16-18(2)27(26-17)21-13-10-19(11-14-21)12-15-24(28)25-23-9-5-7-20-6-3-4-8-22(20)23/h3-4,6,8,10-11,13-14,16,23H,5,7,9,12,15H2,1-2H3,(H,25,28). The van der Waals surface area contributed by atoms with E-state index in [4.69, 9.17) is 0 Å². The Morgan fingerprint density at radius 3 is 2.68 bits per heavy atom. The highest BCUT2D eigenvalue weighted by molar-refractivity contribution is 5.76. The number of carbonyl (C=O) groups is 1. The Kier molecular flexibility index (Phi) is 5.29. The van der Waals surface area contributed by atoms with Gasteiger partial charge in [0.2, 0.25) is 5.91 Å². The first-order valence-corrected chi connectivity index (χ1v) is 10.1. The Bertz CT molecular complexity index is 972. The molecular weight excluding hydrogens is 346 g/mol. The topological polar surface area (TPSA) is 46.9 Å². The van der Waals surface area contributed by atoms with E-state index in [1.807, 2.05) is 11.6 Å². The summed E-state index contributed by atoms with van der Waals surface area (Å²) in [6, 6.07) is 19.0. The largest absolute Gasteiger partial charge is 0.349 e. The highest BCUT2D eigenvalue weighted by Gasteiger charge is 2.21. The smallest absolute Gasteiger partial charge is 0.220 e. The summed E-state index contributed by atoms with van der Waals surface area (Å²) in [5.41, 5.74) is 7.03. The second-order valence-electron chi connectivity index (χ2n) is 7.72. The SMILES string of the molecule is Cc1cc(C)n(-c2ccc(CCC(=O)NC3CCCc4ccccc43)cc2)n1. The van der Waals surface area contributed by atoms with Crippen LogP contribution in [0.2, 0.25) is 0 Å². The van der Waals surface area contributed by atoms with Crippen molar-refractivity contribution in [2.24, 2.45) is 0 Å². The van der Waals surface area contributed by atoms with Crippen molar-refractivity contribution in [1.29, 1.82) is 0 Å². The summed E-state index contributed by atoms with van der Waals surface area (Å²) in [4.78, 5) is 12.5. The number of rotatable bonds is 5. The number of benzene rings is 2. The molecule has 1 amide bonds. The number of nitrogens with zero attached hydrogens (tertiary/aromatic N) is 2. The van der Waals surface area contributed by atoms with E-state index in [-0.39, 0.29) is 11.9 Å². The van der Waals surface area contributed by atoms with Crippen molar-refractivity contribution in [1.82, 2.24) is 15.1 Å². The van der Waals surface area contributed by atoms with E-state index < -0.39 is 0 Å². The summed E-state index contributed by atoms with van der Waals surface area (Å²) in [7, 11) is 0. The molecule has 1 aliphatic rings. The number of amides is 1. The fraction of sp³-hybridized carbons (Fsp3) is 0.333. The van der Waals surface area contributed by atoms with Gasteiger partial charge in [-0.25, -0.2) is 4.68 Å². The van der Waals surface area contributed by atoms with Crippen molar-refractivity contribution in [3.05, 3.63) is 82.7 Å². The van der Waals surface area contributed by atoms with Crippen molar-refractivity contribution in [2.75, 3.05) is 0 Å². The number of aryl methyl sites for hydroxylation is 4. The van der Waals surface area contributed by atoms with Gasteiger partial charge in [-0.3, -0.25) is 4.79 Å². The lowest BCUT2D eigenvalue weighted by Gasteiger charge is -2.26. The zero-order valence-electron chi connectivity index (χ0n) is 16.6. The monoisotopic (exact) mass is 373 g/mol. The quantitative estimate of drug-likeness (QED) is 0.710. The van der Waals surface area contributed by atoms with Gasteiger partial charge in [-0.1, -0.05) is 36.4 Å². The average molecular weight is 374 g/mol. The Labute approximate surface area is 166 Å². The molecule has 0 fully saturated rings. The molecule has 4 rings (SSSR count). The van der Waals surface area contributed by atoms with Crippen LogP contribution in [-0.4, -0.2) is 15.7 Å². The molecule has 0 saturated heterocycles. The average Bonchev–Trinajstić information content (AvgIpc) is 3.05. The van der Waals surface area contributed by atoms with E-state index in [1.54, 1.807) is 0 Å². The first kappa shape index (κ1) is 18.5. The van der Waals surface area contributed by atoms with Crippen LogP contribution in [0.3, 0.4) is 0 Å². The van der Waals surface area contributed by atoms with Crippen LogP contribution >= 0.6 is 0 Å². The zero-order chi connectivity index (χ0) is 19.5. The lowest BCUT2D eigenvalue weighted by molar-refractivity contribution is -0.121. The van der Waals surface area contributed by atoms with Gasteiger partial charge in [0.1, 0.15) is 0 Å². The molecule has 1 N–H and O–H groups in total. The molecule has 1 aliphatic carbocycles. The van der Waals surface area contributed by atoms with Crippen LogP contribution in [-0.2, 0) is 17.6 Å². The summed E-state index contributed by atoms with van der Waals surface area (Å²) < 4.78 is 1.95. The summed E-state index contributed by atoms with van der Waals surface area (Å²) >= 11 is 0. The second kappa shape index (κ2) is 8.01. The molecule has 4 heteroatoms. The lowest BCUT2D eigenvalue weighted by atomic mass is 9.87. The highest BCUT2D eigenvalue weighted by Crippen LogP contribution is 2.29. The summed E-state index contributed by atoms with van der Waals surface area (Å²) in [5.74, 6) is 0.129. The summed E-state index contributed by atoms with van der Waals surface area (Å²) in [6.45, 7) is 4.06. The molecule has 0 saturated carbocycles.